The van der Waals surface area contributed by atoms with Crippen molar-refractivity contribution in [2.45, 2.75) is 13.0 Å². The summed E-state index contributed by atoms with van der Waals surface area (Å²) >= 11 is 17.4. The molecule has 0 spiro atoms. The summed E-state index contributed by atoms with van der Waals surface area (Å²) in [6.07, 6.45) is -0.571. The molecule has 1 unspecified atom stereocenters. The average Bonchev–Trinajstić information content (AvgIpc) is 2.01. The maximum atomic E-state index is 9.01. The minimum Gasteiger partial charge on any atom is -0.488 e. The van der Waals surface area contributed by atoms with Gasteiger partial charge in [-0.3, -0.25) is 0 Å². The first-order chi connectivity index (χ1) is 6.50. The first-order valence-corrected chi connectivity index (χ1v) is 5.09. The Morgan fingerprint density at radius 1 is 1.29 bits per heavy atom. The lowest BCUT2D eigenvalue weighted by molar-refractivity contribution is 0.123. The molecule has 0 saturated carbocycles. The third-order valence-electron chi connectivity index (χ3n) is 1.43. The predicted molar refractivity (Wildman–Crippen MR) is 58.6 cm³/mol. The van der Waals surface area contributed by atoms with Gasteiger partial charge in [0, 0.05) is 5.02 Å². The smallest absolute Gasteiger partial charge is 0.156 e. The molecule has 1 N–H and O–H groups in total. The summed E-state index contributed by atoms with van der Waals surface area (Å²) in [7, 11) is 0. The van der Waals surface area contributed by atoms with Gasteiger partial charge in [0.1, 0.15) is 6.61 Å². The Bertz CT molecular complexity index is 303. The van der Waals surface area contributed by atoms with Crippen LogP contribution in [0.3, 0.4) is 0 Å². The van der Waals surface area contributed by atoms with Crippen molar-refractivity contribution in [1.82, 2.24) is 0 Å². The van der Waals surface area contributed by atoms with Crippen LogP contribution in [0.1, 0.15) is 6.92 Å². The lowest BCUT2D eigenvalue weighted by atomic mass is 10.3. The molecule has 0 bridgehead atoms. The molecule has 0 amide bonds. The van der Waals surface area contributed by atoms with Gasteiger partial charge in [-0.1, -0.05) is 34.8 Å². The summed E-state index contributed by atoms with van der Waals surface area (Å²) in [6, 6.07) is 3.07. The van der Waals surface area contributed by atoms with E-state index in [0.29, 0.717) is 20.8 Å². The molecule has 0 aromatic heterocycles. The van der Waals surface area contributed by atoms with Gasteiger partial charge in [-0.05, 0) is 19.1 Å². The highest BCUT2D eigenvalue weighted by Crippen LogP contribution is 2.35. The Balaban J connectivity index is 2.86. The second-order valence-corrected chi connectivity index (χ2v) is 4.11. The molecule has 2 nitrogen and oxygen atoms in total. The zero-order valence-corrected chi connectivity index (χ0v) is 9.70. The summed E-state index contributed by atoms with van der Waals surface area (Å²) < 4.78 is 5.21. The minimum absolute atomic E-state index is 0.140. The quantitative estimate of drug-likeness (QED) is 0.897. The molecule has 1 aromatic carbocycles. The number of rotatable bonds is 3. The summed E-state index contributed by atoms with van der Waals surface area (Å²) in [5.41, 5.74) is 0. The van der Waals surface area contributed by atoms with E-state index in [9.17, 15) is 0 Å². The third kappa shape index (κ3) is 3.21. The van der Waals surface area contributed by atoms with Crippen molar-refractivity contribution in [2.75, 3.05) is 6.61 Å². The highest BCUT2D eigenvalue weighted by molar-refractivity contribution is 6.40. The maximum Gasteiger partial charge on any atom is 0.156 e. The average molecular weight is 256 g/mol. The van der Waals surface area contributed by atoms with Crippen molar-refractivity contribution in [3.05, 3.63) is 27.2 Å². The molecule has 0 aliphatic heterocycles. The van der Waals surface area contributed by atoms with Gasteiger partial charge in [-0.25, -0.2) is 0 Å². The Morgan fingerprint density at radius 3 is 2.21 bits per heavy atom. The number of hydrogen-bond acceptors (Lipinski definition) is 2. The summed E-state index contributed by atoms with van der Waals surface area (Å²) in [6.45, 7) is 1.75. The standard InChI is InChI=1S/C9H9Cl3O2/c1-5(13)4-14-9-7(11)2-6(10)3-8(9)12/h2-3,5,13H,4H2,1H3. The van der Waals surface area contributed by atoms with Gasteiger partial charge >= 0.3 is 0 Å². The number of aliphatic hydroxyl groups excluding tert-OH is 1. The monoisotopic (exact) mass is 254 g/mol. The van der Waals surface area contributed by atoms with Gasteiger partial charge in [0.2, 0.25) is 0 Å². The van der Waals surface area contributed by atoms with Crippen LogP contribution < -0.4 is 4.74 Å². The Morgan fingerprint density at radius 2 is 1.79 bits per heavy atom. The molecule has 78 valence electrons. The van der Waals surface area contributed by atoms with Crippen LogP contribution in [0.15, 0.2) is 12.1 Å². The molecule has 0 aliphatic carbocycles. The van der Waals surface area contributed by atoms with Crippen molar-refractivity contribution in [2.24, 2.45) is 0 Å². The van der Waals surface area contributed by atoms with Gasteiger partial charge in [-0.2, -0.15) is 0 Å². The Kier molecular flexibility index (Phi) is 4.32. The van der Waals surface area contributed by atoms with Crippen LogP contribution in [-0.2, 0) is 0 Å². The van der Waals surface area contributed by atoms with Gasteiger partial charge in [0.25, 0.3) is 0 Å². The van der Waals surface area contributed by atoms with E-state index in [4.69, 9.17) is 44.6 Å². The molecule has 1 rings (SSSR count). The van der Waals surface area contributed by atoms with E-state index in [0.717, 1.165) is 0 Å². The van der Waals surface area contributed by atoms with Gasteiger partial charge in [0.05, 0.1) is 16.1 Å². The molecule has 0 fully saturated rings. The van der Waals surface area contributed by atoms with E-state index in [1.165, 1.54) is 12.1 Å². The largest absolute Gasteiger partial charge is 0.488 e. The van der Waals surface area contributed by atoms with Crippen LogP contribution in [0.4, 0.5) is 0 Å². The molecular formula is C9H9Cl3O2. The lowest BCUT2D eigenvalue weighted by Crippen LogP contribution is -2.13. The van der Waals surface area contributed by atoms with Crippen LogP contribution in [0.25, 0.3) is 0 Å². The van der Waals surface area contributed by atoms with E-state index >= 15 is 0 Å². The molecule has 1 atom stereocenters. The summed E-state index contributed by atoms with van der Waals surface area (Å²) in [4.78, 5) is 0. The lowest BCUT2D eigenvalue weighted by Gasteiger charge is -2.11. The van der Waals surface area contributed by atoms with E-state index in [2.05, 4.69) is 0 Å². The molecule has 5 heteroatoms. The zero-order chi connectivity index (χ0) is 10.7. The topological polar surface area (TPSA) is 29.5 Å². The van der Waals surface area contributed by atoms with E-state index < -0.39 is 6.10 Å². The normalized spacial score (nSPS) is 12.6. The van der Waals surface area contributed by atoms with Crippen LogP contribution in [0, 0.1) is 0 Å². The molecule has 0 saturated heterocycles. The first kappa shape index (κ1) is 11.9. The Hall–Kier alpha value is -0.150. The fraction of sp³-hybridized carbons (Fsp3) is 0.333. The molecule has 14 heavy (non-hydrogen) atoms. The SMILES string of the molecule is CC(O)COc1c(Cl)cc(Cl)cc1Cl. The number of aliphatic hydroxyl groups is 1. The second kappa shape index (κ2) is 5.08. The molecule has 0 aliphatic rings. The van der Waals surface area contributed by atoms with E-state index in [-0.39, 0.29) is 6.61 Å². The Labute approximate surface area is 97.3 Å². The van der Waals surface area contributed by atoms with Crippen molar-refractivity contribution < 1.29 is 9.84 Å². The minimum atomic E-state index is -0.571. The van der Waals surface area contributed by atoms with Gasteiger partial charge < -0.3 is 9.84 Å². The third-order valence-corrected chi connectivity index (χ3v) is 2.21. The van der Waals surface area contributed by atoms with Gasteiger partial charge in [-0.15, -0.1) is 0 Å². The van der Waals surface area contributed by atoms with Crippen LogP contribution >= 0.6 is 34.8 Å². The van der Waals surface area contributed by atoms with E-state index in [1.54, 1.807) is 6.92 Å². The van der Waals surface area contributed by atoms with Crippen molar-refractivity contribution in [1.29, 1.82) is 0 Å². The zero-order valence-electron chi connectivity index (χ0n) is 7.43. The predicted octanol–water partition coefficient (Wildman–Crippen LogP) is 3.41. The number of hydrogen-bond donors (Lipinski definition) is 1. The summed E-state index contributed by atoms with van der Waals surface area (Å²) in [5.74, 6) is 0.346. The molecular weight excluding hydrogens is 246 g/mol. The van der Waals surface area contributed by atoms with Crippen LogP contribution in [0.5, 0.6) is 5.75 Å². The maximum absolute atomic E-state index is 9.01. The van der Waals surface area contributed by atoms with Gasteiger partial charge in [0.15, 0.2) is 5.75 Å². The fourth-order valence-corrected chi connectivity index (χ4v) is 1.80. The molecule has 0 radical (unpaired) electrons. The number of ether oxygens (including phenoxy) is 1. The second-order valence-electron chi connectivity index (χ2n) is 2.86. The van der Waals surface area contributed by atoms with Crippen LogP contribution in [-0.4, -0.2) is 17.8 Å². The molecule has 1 aromatic rings. The highest BCUT2D eigenvalue weighted by Gasteiger charge is 2.09. The highest BCUT2D eigenvalue weighted by atomic mass is 35.5. The number of benzene rings is 1. The fourth-order valence-electron chi connectivity index (χ4n) is 0.871. The van der Waals surface area contributed by atoms with Crippen molar-refractivity contribution in [3.63, 3.8) is 0 Å². The first-order valence-electron chi connectivity index (χ1n) is 3.96. The van der Waals surface area contributed by atoms with Crippen molar-refractivity contribution in [3.8, 4) is 5.75 Å². The van der Waals surface area contributed by atoms with Crippen LogP contribution in [0.2, 0.25) is 15.1 Å². The van der Waals surface area contributed by atoms with E-state index in [1.807, 2.05) is 0 Å². The summed E-state index contributed by atoms with van der Waals surface area (Å²) in [5, 5.41) is 10.1. The van der Waals surface area contributed by atoms with Crippen molar-refractivity contribution >= 4 is 34.8 Å². The molecule has 0 heterocycles. The number of halogens is 3.